The van der Waals surface area contributed by atoms with Gasteiger partial charge >= 0.3 is 0 Å². The van der Waals surface area contributed by atoms with Crippen molar-refractivity contribution in [1.82, 2.24) is 14.7 Å². The summed E-state index contributed by atoms with van der Waals surface area (Å²) in [5.74, 6) is 0.548. The maximum atomic E-state index is 12.4. The van der Waals surface area contributed by atoms with Crippen LogP contribution < -0.4 is 11.1 Å². The van der Waals surface area contributed by atoms with E-state index in [0.29, 0.717) is 23.0 Å². The molecule has 1 atom stereocenters. The van der Waals surface area contributed by atoms with Gasteiger partial charge in [-0.25, -0.2) is 9.98 Å². The van der Waals surface area contributed by atoms with E-state index in [-0.39, 0.29) is 5.91 Å². The van der Waals surface area contributed by atoms with Crippen LogP contribution >= 0.6 is 0 Å². The molecule has 0 aliphatic heterocycles. The molecule has 1 aliphatic carbocycles. The molecule has 2 aromatic heterocycles. The average Bonchev–Trinajstić information content (AvgIpc) is 3.46. The van der Waals surface area contributed by atoms with Crippen molar-refractivity contribution in [2.24, 2.45) is 10.7 Å². The zero-order valence-corrected chi connectivity index (χ0v) is 17.0. The molecule has 0 radical (unpaired) electrons. The molecule has 4 rings (SSSR count). The molecule has 4 N–H and O–H groups in total. The second kappa shape index (κ2) is 8.12. The Morgan fingerprint density at radius 3 is 2.87 bits per heavy atom. The van der Waals surface area contributed by atoms with E-state index in [1.807, 2.05) is 47.9 Å². The standard InChI is InChI=1S/C23H25N5O2/c1-14-3-4-16(23(30)27-19-6-7-19)9-20(14)18(10-24)11-25-22-12-26-21-8-5-17(15(2)29)13-28(21)22/h3-5,8-13,15,19,29H,6-7,24H2,1-2H3,(H,27,30). The third-order valence-electron chi connectivity index (χ3n) is 5.23. The summed E-state index contributed by atoms with van der Waals surface area (Å²) >= 11 is 0. The number of allylic oxidation sites excluding steroid dienone is 1. The van der Waals surface area contributed by atoms with Crippen LogP contribution in [0.25, 0.3) is 11.2 Å². The number of aromatic nitrogens is 2. The van der Waals surface area contributed by atoms with Gasteiger partial charge in [0.1, 0.15) is 5.65 Å². The van der Waals surface area contributed by atoms with Crippen molar-refractivity contribution in [3.8, 4) is 0 Å². The van der Waals surface area contributed by atoms with E-state index >= 15 is 0 Å². The number of nitrogens with one attached hydrogen (secondary N) is 1. The first-order valence-electron chi connectivity index (χ1n) is 9.99. The number of nitrogens with zero attached hydrogens (tertiary/aromatic N) is 3. The van der Waals surface area contributed by atoms with Gasteiger partial charge < -0.3 is 16.2 Å². The van der Waals surface area contributed by atoms with Gasteiger partial charge in [0, 0.05) is 35.8 Å². The van der Waals surface area contributed by atoms with Gasteiger partial charge in [0.15, 0.2) is 5.82 Å². The summed E-state index contributed by atoms with van der Waals surface area (Å²) < 4.78 is 1.82. The van der Waals surface area contributed by atoms with Crippen LogP contribution in [0.5, 0.6) is 0 Å². The monoisotopic (exact) mass is 403 g/mol. The van der Waals surface area contributed by atoms with Crippen LogP contribution in [0.15, 0.2) is 53.9 Å². The Labute approximate surface area is 175 Å². The van der Waals surface area contributed by atoms with Crippen LogP contribution in [0.4, 0.5) is 5.82 Å². The lowest BCUT2D eigenvalue weighted by Crippen LogP contribution is -2.25. The topological polar surface area (TPSA) is 105 Å². The molecule has 30 heavy (non-hydrogen) atoms. The van der Waals surface area contributed by atoms with Crippen LogP contribution in [0, 0.1) is 6.92 Å². The Balaban J connectivity index is 1.63. The van der Waals surface area contributed by atoms with Crippen molar-refractivity contribution in [2.75, 3.05) is 0 Å². The lowest BCUT2D eigenvalue weighted by atomic mass is 9.99. The minimum atomic E-state index is -0.583. The van der Waals surface area contributed by atoms with Gasteiger partial charge in [-0.15, -0.1) is 0 Å². The fourth-order valence-corrected chi connectivity index (χ4v) is 3.24. The predicted molar refractivity (Wildman–Crippen MR) is 118 cm³/mol. The Hall–Kier alpha value is -3.45. The lowest BCUT2D eigenvalue weighted by Gasteiger charge is -2.10. The van der Waals surface area contributed by atoms with E-state index < -0.39 is 6.10 Å². The maximum absolute atomic E-state index is 12.4. The smallest absolute Gasteiger partial charge is 0.251 e. The van der Waals surface area contributed by atoms with Gasteiger partial charge in [-0.3, -0.25) is 9.20 Å². The Morgan fingerprint density at radius 1 is 1.37 bits per heavy atom. The molecular formula is C23H25N5O2. The number of amides is 1. The summed E-state index contributed by atoms with van der Waals surface area (Å²) in [6.45, 7) is 3.68. The molecule has 154 valence electrons. The predicted octanol–water partition coefficient (Wildman–Crippen LogP) is 3.29. The zero-order chi connectivity index (χ0) is 21.3. The molecule has 1 saturated carbocycles. The van der Waals surface area contributed by atoms with Gasteiger partial charge in [0.25, 0.3) is 5.91 Å². The van der Waals surface area contributed by atoms with Gasteiger partial charge in [-0.1, -0.05) is 12.1 Å². The van der Waals surface area contributed by atoms with Gasteiger partial charge in [-0.2, -0.15) is 0 Å². The highest BCUT2D eigenvalue weighted by atomic mass is 16.3. The first-order valence-corrected chi connectivity index (χ1v) is 9.99. The highest BCUT2D eigenvalue weighted by Gasteiger charge is 2.24. The number of imidazole rings is 1. The normalized spacial score (nSPS) is 15.6. The second-order valence-electron chi connectivity index (χ2n) is 7.64. The number of nitrogens with two attached hydrogens (primary N) is 1. The summed E-state index contributed by atoms with van der Waals surface area (Å²) in [6, 6.07) is 9.56. The summed E-state index contributed by atoms with van der Waals surface area (Å²) in [4.78, 5) is 21.3. The number of hydrogen-bond donors (Lipinski definition) is 3. The van der Waals surface area contributed by atoms with Crippen LogP contribution in [-0.4, -0.2) is 32.7 Å². The highest BCUT2D eigenvalue weighted by Crippen LogP contribution is 2.24. The first kappa shape index (κ1) is 19.8. The summed E-state index contributed by atoms with van der Waals surface area (Å²) in [7, 11) is 0. The van der Waals surface area contributed by atoms with Gasteiger partial charge in [0.05, 0.1) is 12.3 Å². The van der Waals surface area contributed by atoms with Crippen molar-refractivity contribution < 1.29 is 9.90 Å². The third kappa shape index (κ3) is 4.11. The number of aliphatic hydroxyl groups is 1. The highest BCUT2D eigenvalue weighted by molar-refractivity contribution is 6.11. The van der Waals surface area contributed by atoms with E-state index in [4.69, 9.17) is 5.73 Å². The van der Waals surface area contributed by atoms with Crippen molar-refractivity contribution in [1.29, 1.82) is 0 Å². The molecule has 2 heterocycles. The molecule has 7 nitrogen and oxygen atoms in total. The summed E-state index contributed by atoms with van der Waals surface area (Å²) in [5.41, 5.74) is 10.6. The first-order chi connectivity index (χ1) is 14.5. The van der Waals surface area contributed by atoms with Crippen molar-refractivity contribution in [3.63, 3.8) is 0 Å². The minimum Gasteiger partial charge on any atom is -0.404 e. The van der Waals surface area contributed by atoms with E-state index in [9.17, 15) is 9.90 Å². The minimum absolute atomic E-state index is 0.0699. The molecule has 1 amide bonds. The molecule has 0 saturated heterocycles. The SMILES string of the molecule is Cc1ccc(C(=O)NC2CC2)cc1C(C=Nc1cnc2ccc(C(C)O)cn12)=CN. The van der Waals surface area contributed by atoms with E-state index in [1.165, 1.54) is 6.20 Å². The van der Waals surface area contributed by atoms with Crippen molar-refractivity contribution in [2.45, 2.75) is 38.8 Å². The van der Waals surface area contributed by atoms with Crippen LogP contribution in [0.3, 0.4) is 0 Å². The molecule has 0 spiro atoms. The van der Waals surface area contributed by atoms with Crippen LogP contribution in [0.1, 0.15) is 52.9 Å². The lowest BCUT2D eigenvalue weighted by molar-refractivity contribution is 0.0951. The molecule has 0 bridgehead atoms. The Morgan fingerprint density at radius 2 is 2.17 bits per heavy atom. The fourth-order valence-electron chi connectivity index (χ4n) is 3.24. The molecule has 1 aromatic carbocycles. The Bertz CT molecular complexity index is 1160. The van der Waals surface area contributed by atoms with Crippen molar-refractivity contribution in [3.05, 3.63) is 71.2 Å². The number of pyridine rings is 1. The fraction of sp³-hybridized carbons (Fsp3) is 0.261. The number of hydrogen-bond acceptors (Lipinski definition) is 5. The number of aliphatic hydroxyl groups excluding tert-OH is 1. The summed E-state index contributed by atoms with van der Waals surface area (Å²) in [5, 5.41) is 12.9. The van der Waals surface area contributed by atoms with Crippen molar-refractivity contribution >= 4 is 29.2 Å². The average molecular weight is 403 g/mol. The number of aliphatic imine (C=N–C) groups is 1. The number of carbonyl (C=O) groups is 1. The van der Waals surface area contributed by atoms with Gasteiger partial charge in [-0.05, 0) is 61.6 Å². The maximum Gasteiger partial charge on any atom is 0.251 e. The van der Waals surface area contributed by atoms with E-state index in [0.717, 1.165) is 35.2 Å². The third-order valence-corrected chi connectivity index (χ3v) is 5.23. The number of benzene rings is 1. The van der Waals surface area contributed by atoms with Crippen LogP contribution in [0.2, 0.25) is 0 Å². The molecule has 1 unspecified atom stereocenters. The number of aryl methyl sites for hydroxylation is 1. The van der Waals surface area contributed by atoms with E-state index in [2.05, 4.69) is 15.3 Å². The zero-order valence-electron chi connectivity index (χ0n) is 17.0. The van der Waals surface area contributed by atoms with Gasteiger partial charge in [0.2, 0.25) is 0 Å². The van der Waals surface area contributed by atoms with E-state index in [1.54, 1.807) is 19.3 Å². The Kier molecular flexibility index (Phi) is 5.37. The largest absolute Gasteiger partial charge is 0.404 e. The molecule has 3 aromatic rings. The second-order valence-corrected chi connectivity index (χ2v) is 7.64. The molecule has 1 aliphatic rings. The van der Waals surface area contributed by atoms with Crippen LogP contribution in [-0.2, 0) is 0 Å². The quantitative estimate of drug-likeness (QED) is 0.549. The number of fused-ring (bicyclic) bond motifs is 1. The molecule has 7 heteroatoms. The molecule has 1 fully saturated rings. The number of carbonyl (C=O) groups excluding carboxylic acids is 1. The summed E-state index contributed by atoms with van der Waals surface area (Å²) in [6.07, 6.45) is 8.14. The number of rotatable bonds is 6. The molecular weight excluding hydrogens is 378 g/mol.